The summed E-state index contributed by atoms with van der Waals surface area (Å²) in [6.45, 7) is 1.77. The lowest BCUT2D eigenvalue weighted by Crippen LogP contribution is -2.43. The molecule has 2 aromatic rings. The van der Waals surface area contributed by atoms with E-state index in [1.54, 1.807) is 0 Å². The lowest BCUT2D eigenvalue weighted by molar-refractivity contribution is -0.127. The molecular formula is C20H22N2O. The van der Waals surface area contributed by atoms with Crippen LogP contribution >= 0.6 is 0 Å². The average molecular weight is 306 g/mol. The molecule has 1 amide bonds. The maximum Gasteiger partial charge on any atom is 0.242 e. The van der Waals surface area contributed by atoms with E-state index in [4.69, 9.17) is 0 Å². The van der Waals surface area contributed by atoms with E-state index in [2.05, 4.69) is 46.6 Å². The number of rotatable bonds is 4. The van der Waals surface area contributed by atoms with Gasteiger partial charge >= 0.3 is 0 Å². The molecule has 4 rings (SSSR count). The van der Waals surface area contributed by atoms with Gasteiger partial charge in [-0.25, -0.2) is 0 Å². The molecule has 0 radical (unpaired) electrons. The smallest absolute Gasteiger partial charge is 0.242 e. The molecule has 3 heteroatoms. The lowest BCUT2D eigenvalue weighted by Gasteiger charge is -2.35. The summed E-state index contributed by atoms with van der Waals surface area (Å²) in [7, 11) is 0. The first kappa shape index (κ1) is 14.5. The van der Waals surface area contributed by atoms with E-state index in [-0.39, 0.29) is 11.9 Å². The topological polar surface area (TPSA) is 32.3 Å². The molecule has 1 N–H and O–H groups in total. The molecule has 0 aromatic heterocycles. The number of hydrogen-bond donors (Lipinski definition) is 1. The number of amides is 1. The zero-order valence-corrected chi connectivity index (χ0v) is 13.2. The van der Waals surface area contributed by atoms with Gasteiger partial charge in [-0.3, -0.25) is 9.69 Å². The molecule has 0 saturated heterocycles. The first-order valence-corrected chi connectivity index (χ1v) is 8.47. The van der Waals surface area contributed by atoms with Gasteiger partial charge in [0.15, 0.2) is 0 Å². The Labute approximate surface area is 137 Å². The van der Waals surface area contributed by atoms with Gasteiger partial charge in [0.05, 0.1) is 0 Å². The summed E-state index contributed by atoms with van der Waals surface area (Å²) in [6.07, 6.45) is 3.25. The van der Waals surface area contributed by atoms with Crippen LogP contribution in [0.25, 0.3) is 0 Å². The number of nitrogens with zero attached hydrogens (tertiary/aromatic N) is 1. The fourth-order valence-electron chi connectivity index (χ4n) is 3.41. The number of carbonyl (C=O) groups excluding carboxylic acids is 1. The van der Waals surface area contributed by atoms with Gasteiger partial charge in [-0.2, -0.15) is 0 Å². The fourth-order valence-corrected chi connectivity index (χ4v) is 3.41. The molecule has 0 bridgehead atoms. The van der Waals surface area contributed by atoms with Crippen molar-refractivity contribution in [2.45, 2.75) is 37.9 Å². The average Bonchev–Trinajstić information content (AvgIpc) is 3.40. The van der Waals surface area contributed by atoms with Gasteiger partial charge in [0, 0.05) is 19.1 Å². The van der Waals surface area contributed by atoms with E-state index < -0.39 is 0 Å². The van der Waals surface area contributed by atoms with Gasteiger partial charge < -0.3 is 5.32 Å². The number of benzene rings is 2. The van der Waals surface area contributed by atoms with Crippen molar-refractivity contribution < 1.29 is 4.79 Å². The van der Waals surface area contributed by atoms with Crippen LogP contribution in [-0.2, 0) is 17.8 Å². The van der Waals surface area contributed by atoms with Crippen molar-refractivity contribution in [1.82, 2.24) is 10.2 Å². The number of carbonyl (C=O) groups is 1. The van der Waals surface area contributed by atoms with E-state index in [0.29, 0.717) is 6.04 Å². The van der Waals surface area contributed by atoms with Crippen LogP contribution in [0.5, 0.6) is 0 Å². The van der Waals surface area contributed by atoms with Crippen LogP contribution in [0.1, 0.15) is 35.6 Å². The van der Waals surface area contributed by atoms with Crippen LogP contribution in [0.15, 0.2) is 54.6 Å². The Kier molecular flexibility index (Phi) is 3.88. The molecule has 1 atom stereocenters. The molecule has 0 spiro atoms. The highest BCUT2D eigenvalue weighted by Gasteiger charge is 2.33. The molecule has 1 aliphatic heterocycles. The third-order valence-corrected chi connectivity index (χ3v) is 4.81. The molecule has 2 aromatic carbocycles. The highest BCUT2D eigenvalue weighted by molar-refractivity contribution is 5.83. The molecular weight excluding hydrogens is 284 g/mol. The summed E-state index contributed by atoms with van der Waals surface area (Å²) in [5, 5.41) is 3.19. The molecule has 0 unspecified atom stereocenters. The Morgan fingerprint density at radius 1 is 1.00 bits per heavy atom. The minimum Gasteiger partial charge on any atom is -0.352 e. The maximum atomic E-state index is 12.9. The second-order valence-corrected chi connectivity index (χ2v) is 6.59. The van der Waals surface area contributed by atoms with Crippen molar-refractivity contribution in [3.63, 3.8) is 0 Å². The number of nitrogens with one attached hydrogen (secondary N) is 1. The van der Waals surface area contributed by atoms with Crippen molar-refractivity contribution in [3.8, 4) is 0 Å². The van der Waals surface area contributed by atoms with E-state index in [1.807, 2.05) is 18.2 Å². The van der Waals surface area contributed by atoms with Gasteiger partial charge in [-0.1, -0.05) is 54.6 Å². The van der Waals surface area contributed by atoms with Gasteiger partial charge in [0.25, 0.3) is 0 Å². The Bertz CT molecular complexity index is 694. The SMILES string of the molecule is O=C(NC1CC1)[C@@H](c1ccccc1)N1CCc2ccccc2C1. The Hall–Kier alpha value is -2.13. The fraction of sp³-hybridized carbons (Fsp3) is 0.350. The highest BCUT2D eigenvalue weighted by Crippen LogP contribution is 2.29. The van der Waals surface area contributed by atoms with Crippen molar-refractivity contribution >= 4 is 5.91 Å². The van der Waals surface area contributed by atoms with E-state index in [9.17, 15) is 4.79 Å². The van der Waals surface area contributed by atoms with Crippen LogP contribution in [0, 0.1) is 0 Å². The van der Waals surface area contributed by atoms with Crippen LogP contribution < -0.4 is 5.32 Å². The molecule has 23 heavy (non-hydrogen) atoms. The second kappa shape index (κ2) is 6.17. The Morgan fingerprint density at radius 3 is 2.43 bits per heavy atom. The molecule has 1 aliphatic carbocycles. The van der Waals surface area contributed by atoms with Crippen LogP contribution in [-0.4, -0.2) is 23.4 Å². The van der Waals surface area contributed by atoms with Crippen LogP contribution in [0.3, 0.4) is 0 Å². The minimum absolute atomic E-state index is 0.151. The van der Waals surface area contributed by atoms with Crippen molar-refractivity contribution in [1.29, 1.82) is 0 Å². The summed E-state index contributed by atoms with van der Waals surface area (Å²) < 4.78 is 0. The summed E-state index contributed by atoms with van der Waals surface area (Å²) in [5.41, 5.74) is 3.85. The summed E-state index contributed by atoms with van der Waals surface area (Å²) in [4.78, 5) is 15.2. The van der Waals surface area contributed by atoms with Gasteiger partial charge in [-0.15, -0.1) is 0 Å². The molecule has 1 saturated carbocycles. The quantitative estimate of drug-likeness (QED) is 0.941. The standard InChI is InChI=1S/C20H22N2O/c23-20(21-18-10-11-18)19(16-7-2-1-3-8-16)22-13-12-15-6-4-5-9-17(15)14-22/h1-9,18-19H,10-14H2,(H,21,23)/t19-/m1/s1. The van der Waals surface area contributed by atoms with Crippen LogP contribution in [0.2, 0.25) is 0 Å². The van der Waals surface area contributed by atoms with Gasteiger partial charge in [-0.05, 0) is 36.0 Å². The first-order valence-electron chi connectivity index (χ1n) is 8.47. The predicted octanol–water partition coefficient (Wildman–Crippen LogP) is 3.06. The number of fused-ring (bicyclic) bond motifs is 1. The van der Waals surface area contributed by atoms with Crippen molar-refractivity contribution in [3.05, 3.63) is 71.3 Å². The molecule has 1 fully saturated rings. The Balaban J connectivity index is 1.61. The largest absolute Gasteiger partial charge is 0.352 e. The van der Waals surface area contributed by atoms with E-state index in [1.165, 1.54) is 11.1 Å². The molecule has 3 nitrogen and oxygen atoms in total. The minimum atomic E-state index is -0.190. The van der Waals surface area contributed by atoms with Crippen molar-refractivity contribution in [2.24, 2.45) is 0 Å². The van der Waals surface area contributed by atoms with Crippen LogP contribution in [0.4, 0.5) is 0 Å². The van der Waals surface area contributed by atoms with Crippen molar-refractivity contribution in [2.75, 3.05) is 6.54 Å². The second-order valence-electron chi connectivity index (χ2n) is 6.59. The normalized spacial score (nSPS) is 19.0. The zero-order valence-electron chi connectivity index (χ0n) is 13.2. The third-order valence-electron chi connectivity index (χ3n) is 4.81. The number of hydrogen-bond acceptors (Lipinski definition) is 2. The van der Waals surface area contributed by atoms with E-state index in [0.717, 1.165) is 37.9 Å². The van der Waals surface area contributed by atoms with E-state index >= 15 is 0 Å². The van der Waals surface area contributed by atoms with Gasteiger partial charge in [0.2, 0.25) is 5.91 Å². The lowest BCUT2D eigenvalue weighted by atomic mass is 9.96. The van der Waals surface area contributed by atoms with Gasteiger partial charge in [0.1, 0.15) is 6.04 Å². The molecule has 2 aliphatic rings. The summed E-state index contributed by atoms with van der Waals surface area (Å²) >= 11 is 0. The predicted molar refractivity (Wildman–Crippen MR) is 90.9 cm³/mol. The maximum absolute atomic E-state index is 12.9. The monoisotopic (exact) mass is 306 g/mol. The highest BCUT2D eigenvalue weighted by atomic mass is 16.2. The molecule has 1 heterocycles. The Morgan fingerprint density at radius 2 is 1.70 bits per heavy atom. The summed E-state index contributed by atoms with van der Waals surface area (Å²) in [5.74, 6) is 0.151. The molecule has 118 valence electrons. The zero-order chi connectivity index (χ0) is 15.6. The first-order chi connectivity index (χ1) is 11.3. The summed E-state index contributed by atoms with van der Waals surface area (Å²) in [6, 6.07) is 19.0. The third kappa shape index (κ3) is 3.15.